The van der Waals surface area contributed by atoms with Crippen molar-refractivity contribution >= 4 is 18.5 Å². The van der Waals surface area contributed by atoms with E-state index in [2.05, 4.69) is 21.1 Å². The fraction of sp³-hybridized carbons (Fsp3) is 0.250. The fourth-order valence-corrected chi connectivity index (χ4v) is 1.95. The lowest BCUT2D eigenvalue weighted by atomic mass is 10.1. The van der Waals surface area contributed by atoms with Crippen molar-refractivity contribution < 1.29 is 32.8 Å². The molecule has 0 saturated heterocycles. The maximum absolute atomic E-state index is 12.3. The number of alkyl halides is 2. The second kappa shape index (κ2) is 6.42. The summed E-state index contributed by atoms with van der Waals surface area (Å²) in [7, 11) is 0. The third kappa shape index (κ3) is 4.23. The zero-order valence-electron chi connectivity index (χ0n) is 9.32. The van der Waals surface area contributed by atoms with E-state index >= 15 is 0 Å². The first kappa shape index (κ1) is 16.0. The molecule has 11 heteroatoms. The summed E-state index contributed by atoms with van der Waals surface area (Å²) >= 11 is 4.68. The lowest BCUT2D eigenvalue weighted by Crippen LogP contribution is -2.10. The molecule has 0 spiro atoms. The van der Waals surface area contributed by atoms with Gasteiger partial charge in [-0.25, -0.2) is 29.8 Å². The van der Waals surface area contributed by atoms with Crippen molar-refractivity contribution in [3.8, 4) is 17.2 Å². The molecule has 0 saturated carbocycles. The Morgan fingerprint density at radius 1 is 1.21 bits per heavy atom. The molecule has 1 aromatic carbocycles. The van der Waals surface area contributed by atoms with E-state index in [-0.39, 0.29) is 11.3 Å². The molecule has 0 amide bonds. The number of phenols is 2. The monoisotopic (exact) mass is 316 g/mol. The molecule has 0 fully saturated rings. The van der Waals surface area contributed by atoms with Crippen molar-refractivity contribution in [2.45, 2.75) is 12.8 Å². The van der Waals surface area contributed by atoms with Crippen molar-refractivity contribution in [3.05, 3.63) is 17.7 Å². The molecule has 0 atom stereocenters. The summed E-state index contributed by atoms with van der Waals surface area (Å²) in [5.41, 5.74) is -0.154. The van der Waals surface area contributed by atoms with Crippen LogP contribution in [0.1, 0.15) is 5.56 Å². The third-order valence-electron chi connectivity index (χ3n) is 2.00. The molecule has 0 radical (unpaired) electrons. The molecule has 108 valence electrons. The summed E-state index contributed by atoms with van der Waals surface area (Å²) in [6, 6.07) is 1.79. The zero-order valence-corrected chi connectivity index (χ0v) is 11.0. The van der Waals surface area contributed by atoms with Gasteiger partial charge >= 0.3 is 6.72 Å². The van der Waals surface area contributed by atoms with Gasteiger partial charge in [-0.2, -0.15) is 0 Å². The SMILES string of the molecule is NOP(=S)(ON)Oc1cc(CC(F)F)c(O)cc1O. The van der Waals surface area contributed by atoms with Crippen LogP contribution in [0.4, 0.5) is 8.78 Å². The summed E-state index contributed by atoms with van der Waals surface area (Å²) in [5.74, 6) is 8.25. The minimum absolute atomic E-state index is 0.154. The van der Waals surface area contributed by atoms with Gasteiger partial charge in [0.1, 0.15) is 5.75 Å². The van der Waals surface area contributed by atoms with E-state index < -0.39 is 31.1 Å². The van der Waals surface area contributed by atoms with E-state index in [1.54, 1.807) is 0 Å². The molecule has 0 heterocycles. The van der Waals surface area contributed by atoms with Crippen LogP contribution in [-0.2, 0) is 27.5 Å². The second-order valence-electron chi connectivity index (χ2n) is 3.29. The number of phenolic OH excluding ortho intramolecular Hbond substituents is 2. The van der Waals surface area contributed by atoms with Crippen LogP contribution >= 0.6 is 6.72 Å². The zero-order chi connectivity index (χ0) is 14.6. The van der Waals surface area contributed by atoms with E-state index in [9.17, 15) is 19.0 Å². The van der Waals surface area contributed by atoms with Crippen molar-refractivity contribution in [3.63, 3.8) is 0 Å². The minimum atomic E-state index is -3.54. The summed E-state index contributed by atoms with van der Waals surface area (Å²) in [6.45, 7) is -3.54. The quantitative estimate of drug-likeness (QED) is 0.458. The highest BCUT2D eigenvalue weighted by atomic mass is 32.5. The van der Waals surface area contributed by atoms with Crippen molar-refractivity contribution in [1.29, 1.82) is 0 Å². The molecule has 0 bridgehead atoms. The molecule has 0 unspecified atom stereocenters. The van der Waals surface area contributed by atoms with Gasteiger partial charge in [-0.3, -0.25) is 0 Å². The smallest absolute Gasteiger partial charge is 0.414 e. The topological polar surface area (TPSA) is 120 Å². The van der Waals surface area contributed by atoms with Crippen LogP contribution in [-0.4, -0.2) is 16.6 Å². The molecule has 0 aromatic heterocycles. The van der Waals surface area contributed by atoms with Gasteiger partial charge in [0.2, 0.25) is 6.43 Å². The first-order chi connectivity index (χ1) is 8.81. The number of rotatable bonds is 6. The highest BCUT2D eigenvalue weighted by molar-refractivity contribution is 8.07. The lowest BCUT2D eigenvalue weighted by molar-refractivity contribution is 0.148. The molecule has 7 nitrogen and oxygen atoms in total. The molecular weight excluding hydrogens is 305 g/mol. The minimum Gasteiger partial charge on any atom is -0.508 e. The molecule has 0 aliphatic rings. The van der Waals surface area contributed by atoms with Crippen LogP contribution in [0.25, 0.3) is 0 Å². The van der Waals surface area contributed by atoms with Crippen molar-refractivity contribution in [2.24, 2.45) is 11.8 Å². The first-order valence-corrected chi connectivity index (χ1v) is 7.26. The summed E-state index contributed by atoms with van der Waals surface area (Å²) < 4.78 is 38.0. The van der Waals surface area contributed by atoms with Crippen LogP contribution in [0, 0.1) is 0 Å². The molecule has 1 rings (SSSR count). The average molecular weight is 316 g/mol. The highest BCUT2D eigenvalue weighted by Crippen LogP contribution is 2.49. The lowest BCUT2D eigenvalue weighted by Gasteiger charge is -2.18. The van der Waals surface area contributed by atoms with E-state index in [0.29, 0.717) is 0 Å². The molecule has 6 N–H and O–H groups in total. The van der Waals surface area contributed by atoms with Crippen molar-refractivity contribution in [2.75, 3.05) is 0 Å². The molecular formula is C8H11F2N2O5PS. The largest absolute Gasteiger partial charge is 0.508 e. The predicted octanol–water partition coefficient (Wildman–Crippen LogP) is 1.29. The van der Waals surface area contributed by atoms with Crippen LogP contribution in [0.2, 0.25) is 0 Å². The number of hydrogen-bond donors (Lipinski definition) is 4. The van der Waals surface area contributed by atoms with Crippen LogP contribution in [0.15, 0.2) is 12.1 Å². The summed E-state index contributed by atoms with van der Waals surface area (Å²) in [5, 5.41) is 18.9. The first-order valence-electron chi connectivity index (χ1n) is 4.71. The van der Waals surface area contributed by atoms with Gasteiger partial charge in [-0.15, -0.1) is 0 Å². The highest BCUT2D eigenvalue weighted by Gasteiger charge is 2.24. The predicted molar refractivity (Wildman–Crippen MR) is 64.9 cm³/mol. The number of hydrogen-bond acceptors (Lipinski definition) is 8. The third-order valence-corrected chi connectivity index (χ3v) is 3.68. The van der Waals surface area contributed by atoms with Gasteiger partial charge in [-0.05, 0) is 6.07 Å². The maximum Gasteiger partial charge on any atom is 0.414 e. The summed E-state index contributed by atoms with van der Waals surface area (Å²) in [4.78, 5) is 0. The number of nitrogens with two attached hydrogens (primary N) is 2. The van der Waals surface area contributed by atoms with Crippen LogP contribution in [0.5, 0.6) is 17.2 Å². The number of aromatic hydroxyl groups is 2. The molecule has 19 heavy (non-hydrogen) atoms. The van der Waals surface area contributed by atoms with E-state index in [1.165, 1.54) is 0 Å². The van der Waals surface area contributed by atoms with E-state index in [1.807, 2.05) is 0 Å². The molecule has 0 aliphatic heterocycles. The van der Waals surface area contributed by atoms with E-state index in [0.717, 1.165) is 12.1 Å². The van der Waals surface area contributed by atoms with Gasteiger partial charge in [0.15, 0.2) is 11.5 Å². The van der Waals surface area contributed by atoms with Gasteiger partial charge in [0.05, 0.1) is 0 Å². The van der Waals surface area contributed by atoms with Gasteiger partial charge in [0.25, 0.3) is 0 Å². The number of halogens is 2. The Labute approximate surface area is 111 Å². The normalized spacial score (nSPS) is 11.8. The Morgan fingerprint density at radius 2 is 1.79 bits per heavy atom. The Hall–Kier alpha value is -1.03. The Kier molecular flexibility index (Phi) is 5.41. The van der Waals surface area contributed by atoms with Crippen LogP contribution in [0.3, 0.4) is 0 Å². The second-order valence-corrected chi connectivity index (χ2v) is 6.13. The molecule has 1 aromatic rings. The van der Waals surface area contributed by atoms with Gasteiger partial charge < -0.3 is 14.7 Å². The summed E-state index contributed by atoms with van der Waals surface area (Å²) in [6.07, 6.45) is -3.43. The molecule has 0 aliphatic carbocycles. The Morgan fingerprint density at radius 3 is 2.26 bits per heavy atom. The standard InChI is InChI=1S/C8H11F2N2O5PS/c9-8(10)2-4-1-7(6(14)3-5(4)13)15-18(19,16-11)17-12/h1,3,8,13-14H,2,11-12H2. The van der Waals surface area contributed by atoms with Crippen LogP contribution < -0.4 is 16.3 Å². The van der Waals surface area contributed by atoms with E-state index in [4.69, 9.17) is 16.3 Å². The van der Waals surface area contributed by atoms with Gasteiger partial charge in [-0.1, -0.05) is 0 Å². The maximum atomic E-state index is 12.3. The Bertz CT molecular complexity index is 496. The Balaban J connectivity index is 3.11. The van der Waals surface area contributed by atoms with Gasteiger partial charge in [0, 0.05) is 29.9 Å². The fourth-order valence-electron chi connectivity index (χ4n) is 1.19. The number of benzene rings is 1. The van der Waals surface area contributed by atoms with Crippen molar-refractivity contribution in [1.82, 2.24) is 0 Å². The average Bonchev–Trinajstić information content (AvgIpc) is 2.34.